The van der Waals surface area contributed by atoms with Gasteiger partial charge in [0.05, 0.1) is 19.0 Å². The Bertz CT molecular complexity index is 1580. The van der Waals surface area contributed by atoms with Gasteiger partial charge in [-0.2, -0.15) is 23.3 Å². The number of nitrogens with two attached hydrogens (primary N) is 1. The van der Waals surface area contributed by atoms with Crippen LogP contribution in [-0.4, -0.2) is 44.4 Å². The Labute approximate surface area is 206 Å². The van der Waals surface area contributed by atoms with Gasteiger partial charge in [-0.1, -0.05) is 5.16 Å². The summed E-state index contributed by atoms with van der Waals surface area (Å²) in [7, 11) is 1.49. The Morgan fingerprint density at radius 1 is 1.03 bits per heavy atom. The molecule has 0 spiro atoms. The number of hydrogen-bond acceptors (Lipinski definition) is 8. The summed E-state index contributed by atoms with van der Waals surface area (Å²) in [6.45, 7) is -0.272. The van der Waals surface area contributed by atoms with Crippen LogP contribution in [0.3, 0.4) is 0 Å². The molecule has 2 aromatic carbocycles. The van der Waals surface area contributed by atoms with Gasteiger partial charge >= 0.3 is 6.18 Å². The smallest absolute Gasteiger partial charge is 0.433 e. The summed E-state index contributed by atoms with van der Waals surface area (Å²) in [5.74, 6) is 0.461. The first-order chi connectivity index (χ1) is 17.7. The van der Waals surface area contributed by atoms with Gasteiger partial charge in [0, 0.05) is 11.1 Å². The van der Waals surface area contributed by atoms with Crippen molar-refractivity contribution in [3.63, 3.8) is 0 Å². The number of primary amides is 1. The topological polar surface area (TPSA) is 131 Å². The van der Waals surface area contributed by atoms with Gasteiger partial charge in [-0.3, -0.25) is 4.79 Å². The molecule has 0 saturated heterocycles. The Morgan fingerprint density at radius 3 is 2.35 bits per heavy atom. The van der Waals surface area contributed by atoms with Gasteiger partial charge in [0.15, 0.2) is 17.9 Å². The summed E-state index contributed by atoms with van der Waals surface area (Å²) >= 11 is 0. The number of hydrogen-bond donors (Lipinski definition) is 1. The highest BCUT2D eigenvalue weighted by Gasteiger charge is 2.36. The first-order valence-electron chi connectivity index (χ1n) is 10.7. The highest BCUT2D eigenvalue weighted by molar-refractivity contribution is 5.76. The molecule has 0 radical (unpaired) electrons. The fourth-order valence-electron chi connectivity index (χ4n) is 3.53. The number of amides is 1. The predicted octanol–water partition coefficient (Wildman–Crippen LogP) is 4.00. The van der Waals surface area contributed by atoms with Crippen molar-refractivity contribution < 1.29 is 32.0 Å². The van der Waals surface area contributed by atoms with Gasteiger partial charge in [0.2, 0.25) is 5.82 Å². The average molecular weight is 510 g/mol. The van der Waals surface area contributed by atoms with Crippen LogP contribution in [0.5, 0.6) is 11.5 Å². The van der Waals surface area contributed by atoms with E-state index in [2.05, 4.69) is 20.2 Å². The van der Waals surface area contributed by atoms with Crippen LogP contribution >= 0.6 is 0 Å². The number of aromatic nitrogens is 5. The first-order valence-corrected chi connectivity index (χ1v) is 10.7. The van der Waals surface area contributed by atoms with Gasteiger partial charge in [0.25, 0.3) is 11.8 Å². The van der Waals surface area contributed by atoms with Crippen LogP contribution in [0.25, 0.3) is 39.7 Å². The number of carbonyl (C=O) groups is 1. The highest BCUT2D eigenvalue weighted by Crippen LogP contribution is 2.35. The predicted molar refractivity (Wildman–Crippen MR) is 123 cm³/mol. The zero-order valence-electron chi connectivity index (χ0n) is 19.1. The molecule has 0 unspecified atom stereocenters. The summed E-state index contributed by atoms with van der Waals surface area (Å²) < 4.78 is 58.1. The second kappa shape index (κ2) is 9.26. The van der Waals surface area contributed by atoms with Crippen LogP contribution in [0, 0.1) is 0 Å². The van der Waals surface area contributed by atoms with Crippen molar-refractivity contribution in [3.05, 3.63) is 66.5 Å². The largest absolute Gasteiger partial charge is 0.497 e. The van der Waals surface area contributed by atoms with Crippen molar-refractivity contribution in [2.45, 2.75) is 6.18 Å². The van der Waals surface area contributed by atoms with Gasteiger partial charge in [-0.15, -0.1) is 0 Å². The molecule has 0 fully saturated rings. The molecule has 5 rings (SSSR count). The van der Waals surface area contributed by atoms with Crippen molar-refractivity contribution in [2.24, 2.45) is 5.73 Å². The number of halogens is 3. The summed E-state index contributed by atoms with van der Waals surface area (Å²) in [6, 6.07) is 13.8. The molecule has 188 valence electrons. The van der Waals surface area contributed by atoms with Gasteiger partial charge in [-0.05, 0) is 54.6 Å². The van der Waals surface area contributed by atoms with E-state index in [4.69, 9.17) is 19.7 Å². The molecular formula is C24H17F3N6O4. The third-order valence-electron chi connectivity index (χ3n) is 5.30. The van der Waals surface area contributed by atoms with Gasteiger partial charge in [0.1, 0.15) is 17.1 Å². The minimum atomic E-state index is -4.70. The Balaban J connectivity index is 1.54. The van der Waals surface area contributed by atoms with E-state index in [0.29, 0.717) is 27.1 Å². The normalized spacial score (nSPS) is 11.6. The van der Waals surface area contributed by atoms with Gasteiger partial charge < -0.3 is 19.7 Å². The zero-order valence-corrected chi connectivity index (χ0v) is 19.1. The number of nitrogens with zero attached hydrogens (tertiary/aromatic N) is 5. The molecular weight excluding hydrogens is 493 g/mol. The molecule has 0 aliphatic heterocycles. The highest BCUT2D eigenvalue weighted by atomic mass is 19.4. The lowest BCUT2D eigenvalue weighted by Gasteiger charge is -2.11. The minimum absolute atomic E-state index is 0.0634. The maximum atomic E-state index is 13.9. The Morgan fingerprint density at radius 2 is 1.70 bits per heavy atom. The first kappa shape index (κ1) is 23.8. The van der Waals surface area contributed by atoms with Crippen LogP contribution in [0.2, 0.25) is 0 Å². The molecule has 0 atom stereocenters. The summed E-state index contributed by atoms with van der Waals surface area (Å²) in [5.41, 5.74) is 5.14. The lowest BCUT2D eigenvalue weighted by Crippen LogP contribution is -2.19. The maximum Gasteiger partial charge on any atom is 0.433 e. The molecule has 3 heterocycles. The Hall–Kier alpha value is -4.94. The second-order valence-corrected chi connectivity index (χ2v) is 7.75. The number of benzene rings is 2. The third-order valence-corrected chi connectivity index (χ3v) is 5.30. The molecule has 5 aromatic rings. The number of ether oxygens (including phenoxy) is 2. The molecule has 1 amide bonds. The molecule has 0 aliphatic carbocycles. The third kappa shape index (κ3) is 4.78. The maximum absolute atomic E-state index is 13.9. The van der Waals surface area contributed by atoms with Crippen molar-refractivity contribution in [1.29, 1.82) is 0 Å². The number of carbonyl (C=O) groups excluding carboxylic acids is 1. The van der Waals surface area contributed by atoms with E-state index >= 15 is 0 Å². The van der Waals surface area contributed by atoms with E-state index in [-0.39, 0.29) is 35.2 Å². The van der Waals surface area contributed by atoms with Gasteiger partial charge in [-0.25, -0.2) is 9.50 Å². The zero-order chi connectivity index (χ0) is 26.2. The molecule has 37 heavy (non-hydrogen) atoms. The van der Waals surface area contributed by atoms with E-state index in [9.17, 15) is 18.0 Å². The van der Waals surface area contributed by atoms with Crippen LogP contribution < -0.4 is 15.2 Å². The van der Waals surface area contributed by atoms with E-state index in [1.54, 1.807) is 48.5 Å². The molecule has 3 aromatic heterocycles. The monoisotopic (exact) mass is 510 g/mol. The van der Waals surface area contributed by atoms with E-state index in [0.717, 1.165) is 6.07 Å². The standard InChI is InChI=1S/C24H17F3N6O4/c1-35-15-6-2-13(3-7-15)18-10-19(24(25,26)27)33-22(30-18)17(11-29-33)23-31-21(32-37-23)14-4-8-16(9-5-14)36-12-20(28)34/h2-11H,12H2,1H3,(H2,28,34). The second-order valence-electron chi connectivity index (χ2n) is 7.75. The van der Waals surface area contributed by atoms with Crippen LogP contribution in [0.4, 0.5) is 13.2 Å². The molecule has 2 N–H and O–H groups in total. The quantitative estimate of drug-likeness (QED) is 0.348. The van der Waals surface area contributed by atoms with E-state index in [1.807, 2.05) is 0 Å². The SMILES string of the molecule is COc1ccc(-c2cc(C(F)(F)F)n3ncc(-c4nc(-c5ccc(OCC(N)=O)cc5)no4)c3n2)cc1. The van der Waals surface area contributed by atoms with Crippen molar-refractivity contribution in [2.75, 3.05) is 13.7 Å². The summed E-state index contributed by atoms with van der Waals surface area (Å²) in [6.07, 6.45) is -3.52. The molecule has 0 saturated carbocycles. The lowest BCUT2D eigenvalue weighted by molar-refractivity contribution is -0.142. The van der Waals surface area contributed by atoms with Crippen LogP contribution in [-0.2, 0) is 11.0 Å². The average Bonchev–Trinajstić information content (AvgIpc) is 3.54. The molecule has 0 bridgehead atoms. The number of methoxy groups -OCH3 is 1. The summed E-state index contributed by atoms with van der Waals surface area (Å²) in [4.78, 5) is 19.6. The fraction of sp³-hybridized carbons (Fsp3) is 0.125. The number of alkyl halides is 3. The summed E-state index contributed by atoms with van der Waals surface area (Å²) in [5, 5.41) is 7.81. The number of rotatable bonds is 7. The molecule has 0 aliphatic rings. The van der Waals surface area contributed by atoms with Crippen LogP contribution in [0.15, 0.2) is 65.3 Å². The van der Waals surface area contributed by atoms with Crippen molar-refractivity contribution in [1.82, 2.24) is 24.7 Å². The van der Waals surface area contributed by atoms with E-state index < -0.39 is 17.8 Å². The van der Waals surface area contributed by atoms with Crippen molar-refractivity contribution >= 4 is 11.6 Å². The Kier molecular flexibility index (Phi) is 5.95. The van der Waals surface area contributed by atoms with Crippen molar-refractivity contribution in [3.8, 4) is 45.6 Å². The number of fused-ring (bicyclic) bond motifs is 1. The molecule has 13 heteroatoms. The fourth-order valence-corrected chi connectivity index (χ4v) is 3.53. The van der Waals surface area contributed by atoms with Crippen LogP contribution in [0.1, 0.15) is 5.69 Å². The lowest BCUT2D eigenvalue weighted by atomic mass is 10.1. The van der Waals surface area contributed by atoms with E-state index in [1.165, 1.54) is 13.3 Å². The molecule has 10 nitrogen and oxygen atoms in total. The minimum Gasteiger partial charge on any atom is -0.497 e.